The number of hydrogen-bond donors (Lipinski definition) is 0. The first-order valence-corrected chi connectivity index (χ1v) is 11.2. The maximum atomic E-state index is 13.2. The summed E-state index contributed by atoms with van der Waals surface area (Å²) in [6.45, 7) is 6.15. The van der Waals surface area contributed by atoms with E-state index in [4.69, 9.17) is 0 Å². The van der Waals surface area contributed by atoms with Crippen LogP contribution in [0.25, 0.3) is 0 Å². The van der Waals surface area contributed by atoms with E-state index >= 15 is 0 Å². The van der Waals surface area contributed by atoms with E-state index in [2.05, 4.69) is 67.6 Å². The number of benzene rings is 3. The molecular formula is C22H21OP2. The Balaban J connectivity index is 1.98. The van der Waals surface area contributed by atoms with Crippen molar-refractivity contribution < 1.29 is 4.79 Å². The van der Waals surface area contributed by atoms with Crippen LogP contribution in [-0.4, -0.2) is 5.52 Å². The maximum Gasteiger partial charge on any atom is 0.194 e. The highest BCUT2D eigenvalue weighted by Gasteiger charge is 2.22. The van der Waals surface area contributed by atoms with E-state index in [9.17, 15) is 4.79 Å². The Morgan fingerprint density at radius 3 is 1.64 bits per heavy atom. The Kier molecular flexibility index (Phi) is 5.79. The van der Waals surface area contributed by atoms with Crippen LogP contribution in [0.2, 0.25) is 0 Å². The third-order valence-electron chi connectivity index (χ3n) is 4.08. The van der Waals surface area contributed by atoms with Gasteiger partial charge in [0.15, 0.2) is 5.52 Å². The lowest BCUT2D eigenvalue weighted by Gasteiger charge is -2.18. The summed E-state index contributed by atoms with van der Waals surface area (Å²) in [5.41, 5.74) is 4.45. The quantitative estimate of drug-likeness (QED) is 0.528. The SMILES string of the molecule is Cc1cc(C)c(C(=O)[P]P(c2ccccc2)c2ccccc2)c(C)c1. The van der Waals surface area contributed by atoms with Gasteiger partial charge >= 0.3 is 0 Å². The molecule has 3 aromatic rings. The molecule has 0 spiro atoms. The smallest absolute Gasteiger partial charge is 0.194 e. The third kappa shape index (κ3) is 4.24. The summed E-state index contributed by atoms with van der Waals surface area (Å²) in [4.78, 5) is 13.2. The van der Waals surface area contributed by atoms with E-state index in [1.54, 1.807) is 0 Å². The van der Waals surface area contributed by atoms with Gasteiger partial charge in [-0.15, -0.1) is 0 Å². The van der Waals surface area contributed by atoms with Crippen molar-refractivity contribution in [1.29, 1.82) is 0 Å². The van der Waals surface area contributed by atoms with Gasteiger partial charge in [-0.2, -0.15) is 0 Å². The van der Waals surface area contributed by atoms with Gasteiger partial charge in [0.2, 0.25) is 0 Å². The van der Waals surface area contributed by atoms with Crippen molar-refractivity contribution in [3.05, 3.63) is 95.1 Å². The van der Waals surface area contributed by atoms with Crippen molar-refractivity contribution in [2.45, 2.75) is 20.8 Å². The van der Waals surface area contributed by atoms with Crippen LogP contribution in [0, 0.1) is 20.8 Å². The summed E-state index contributed by atoms with van der Waals surface area (Å²) in [6, 6.07) is 25.0. The van der Waals surface area contributed by atoms with Crippen LogP contribution in [0.1, 0.15) is 27.0 Å². The number of carbonyl (C=O) groups excluding carboxylic acids is 1. The molecule has 0 aliphatic rings. The van der Waals surface area contributed by atoms with Crippen molar-refractivity contribution in [3.63, 3.8) is 0 Å². The first kappa shape index (κ1) is 18.0. The Hall–Kier alpha value is -1.81. The zero-order valence-electron chi connectivity index (χ0n) is 14.7. The van der Waals surface area contributed by atoms with Gasteiger partial charge in [0, 0.05) is 13.8 Å². The third-order valence-corrected chi connectivity index (χ3v) is 8.79. The number of hydrogen-bond acceptors (Lipinski definition) is 1. The lowest BCUT2D eigenvalue weighted by molar-refractivity contribution is 0.108. The molecule has 3 aromatic carbocycles. The van der Waals surface area contributed by atoms with Gasteiger partial charge in [0.05, 0.1) is 0 Å². The zero-order valence-corrected chi connectivity index (χ0v) is 16.5. The average molecular weight is 363 g/mol. The number of carbonyl (C=O) groups is 1. The molecule has 0 amide bonds. The molecule has 0 saturated heterocycles. The zero-order chi connectivity index (χ0) is 17.8. The van der Waals surface area contributed by atoms with E-state index < -0.39 is 7.61 Å². The molecular weight excluding hydrogens is 342 g/mol. The van der Waals surface area contributed by atoms with Crippen LogP contribution in [0.5, 0.6) is 0 Å². The van der Waals surface area contributed by atoms with Crippen molar-refractivity contribution >= 4 is 32.0 Å². The van der Waals surface area contributed by atoms with Gasteiger partial charge in [0.1, 0.15) is 0 Å². The van der Waals surface area contributed by atoms with E-state index in [1.165, 1.54) is 16.2 Å². The van der Waals surface area contributed by atoms with Crippen LogP contribution in [-0.2, 0) is 0 Å². The molecule has 0 bridgehead atoms. The molecule has 0 saturated carbocycles. The Morgan fingerprint density at radius 2 is 1.20 bits per heavy atom. The second-order valence-corrected chi connectivity index (χ2v) is 10.2. The number of aryl methyl sites for hydroxylation is 3. The average Bonchev–Trinajstić information content (AvgIpc) is 2.60. The van der Waals surface area contributed by atoms with E-state index in [1.807, 2.05) is 26.0 Å². The molecule has 25 heavy (non-hydrogen) atoms. The normalized spacial score (nSPS) is 11.4. The minimum absolute atomic E-state index is 0.216. The largest absolute Gasteiger partial charge is 0.288 e. The summed E-state index contributed by atoms with van der Waals surface area (Å²) >= 11 is 0. The molecule has 0 heterocycles. The standard InChI is InChI=1S/C22H21OP2/c1-16-14-17(2)21(18(3)15-16)22(23)24-25(19-10-6-4-7-11-19)20-12-8-5-9-13-20/h4-15H,1-3H3. The highest BCUT2D eigenvalue weighted by Crippen LogP contribution is 2.55. The Labute approximate surface area is 152 Å². The lowest BCUT2D eigenvalue weighted by atomic mass is 10.0. The molecule has 0 aliphatic heterocycles. The van der Waals surface area contributed by atoms with E-state index in [0.29, 0.717) is 0 Å². The maximum absolute atomic E-state index is 13.2. The van der Waals surface area contributed by atoms with Crippen molar-refractivity contribution in [1.82, 2.24) is 0 Å². The molecule has 125 valence electrons. The second-order valence-electron chi connectivity index (χ2n) is 6.16. The number of rotatable bonds is 5. The fourth-order valence-electron chi connectivity index (χ4n) is 3.06. The second kappa shape index (κ2) is 8.05. The van der Waals surface area contributed by atoms with Gasteiger partial charge in [-0.3, -0.25) is 4.79 Å². The van der Waals surface area contributed by atoms with Gasteiger partial charge in [-0.25, -0.2) is 0 Å². The van der Waals surface area contributed by atoms with Crippen LogP contribution in [0.3, 0.4) is 0 Å². The topological polar surface area (TPSA) is 17.1 Å². The first-order chi connectivity index (χ1) is 12.1. The summed E-state index contributed by atoms with van der Waals surface area (Å²) in [6.07, 6.45) is 0. The van der Waals surface area contributed by atoms with Crippen molar-refractivity contribution in [3.8, 4) is 0 Å². The summed E-state index contributed by atoms with van der Waals surface area (Å²) in [7, 11) is 0.131. The minimum atomic E-state index is -0.724. The fourth-order valence-corrected chi connectivity index (χ4v) is 7.47. The fraction of sp³-hybridized carbons (Fsp3) is 0.136. The molecule has 1 nitrogen and oxygen atoms in total. The Bertz CT molecular complexity index is 811. The van der Waals surface area contributed by atoms with E-state index in [0.717, 1.165) is 25.0 Å². The molecule has 0 N–H and O–H groups in total. The molecule has 3 rings (SSSR count). The Morgan fingerprint density at radius 1 is 0.760 bits per heavy atom. The highest BCUT2D eigenvalue weighted by molar-refractivity contribution is 8.34. The molecule has 0 fully saturated rings. The molecule has 3 heteroatoms. The summed E-state index contributed by atoms with van der Waals surface area (Å²) in [5.74, 6) is 0. The monoisotopic (exact) mass is 363 g/mol. The van der Waals surface area contributed by atoms with Gasteiger partial charge in [-0.05, 0) is 50.1 Å². The predicted octanol–water partition coefficient (Wildman–Crippen LogP) is 5.75. The van der Waals surface area contributed by atoms with Crippen LogP contribution in [0.4, 0.5) is 0 Å². The van der Waals surface area contributed by atoms with Crippen LogP contribution >= 0.6 is 15.9 Å². The van der Waals surface area contributed by atoms with Gasteiger partial charge in [-0.1, -0.05) is 78.4 Å². The van der Waals surface area contributed by atoms with Gasteiger partial charge in [0.25, 0.3) is 0 Å². The predicted molar refractivity (Wildman–Crippen MR) is 111 cm³/mol. The van der Waals surface area contributed by atoms with E-state index in [-0.39, 0.29) is 5.52 Å². The molecule has 0 unspecified atom stereocenters. The van der Waals surface area contributed by atoms with Crippen LogP contribution < -0.4 is 10.6 Å². The summed E-state index contributed by atoms with van der Waals surface area (Å²) < 4.78 is 0. The minimum Gasteiger partial charge on any atom is -0.288 e. The molecule has 0 aromatic heterocycles. The van der Waals surface area contributed by atoms with Gasteiger partial charge < -0.3 is 0 Å². The molecule has 1 radical (unpaired) electrons. The van der Waals surface area contributed by atoms with Crippen molar-refractivity contribution in [2.75, 3.05) is 0 Å². The molecule has 0 aliphatic carbocycles. The van der Waals surface area contributed by atoms with Crippen LogP contribution in [0.15, 0.2) is 72.8 Å². The van der Waals surface area contributed by atoms with Crippen molar-refractivity contribution in [2.24, 2.45) is 0 Å². The first-order valence-electron chi connectivity index (χ1n) is 8.30. The molecule has 0 atom stereocenters. The summed E-state index contributed by atoms with van der Waals surface area (Å²) in [5, 5.41) is 2.47. The highest BCUT2D eigenvalue weighted by atomic mass is 32.0. The lowest BCUT2D eigenvalue weighted by Crippen LogP contribution is -2.10.